The summed E-state index contributed by atoms with van der Waals surface area (Å²) in [5.74, 6) is -2.78. The van der Waals surface area contributed by atoms with Gasteiger partial charge in [-0.15, -0.1) is 6.58 Å². The number of carbonyl (C=O) groups excluding carboxylic acids is 3. The molecule has 40 heavy (non-hydrogen) atoms. The van der Waals surface area contributed by atoms with Crippen LogP contribution in [0.5, 0.6) is 0 Å². The number of aliphatic carboxylic acids is 1. The number of amides is 3. The Labute approximate surface area is 238 Å². The molecule has 0 aromatic rings. The number of nitrogens with zero attached hydrogens (tertiary/aromatic N) is 3. The molecule has 1 saturated heterocycles. The van der Waals surface area contributed by atoms with Crippen molar-refractivity contribution in [3.05, 3.63) is 12.7 Å². The van der Waals surface area contributed by atoms with Gasteiger partial charge < -0.3 is 20.6 Å². The summed E-state index contributed by atoms with van der Waals surface area (Å²) in [6.07, 6.45) is 8.28. The fourth-order valence-electron chi connectivity index (χ4n) is 6.05. The van der Waals surface area contributed by atoms with Gasteiger partial charge in [0.2, 0.25) is 11.8 Å². The predicted molar refractivity (Wildman–Crippen MR) is 155 cm³/mol. The summed E-state index contributed by atoms with van der Waals surface area (Å²) < 4.78 is 0. The number of nitrogens with one attached hydrogen (secondary N) is 2. The number of aliphatic imine (C=N–C) groups is 2. The molecule has 2 heterocycles. The summed E-state index contributed by atoms with van der Waals surface area (Å²) >= 11 is 0. The molecule has 2 aliphatic heterocycles. The van der Waals surface area contributed by atoms with Crippen molar-refractivity contribution in [3.8, 4) is 0 Å². The minimum Gasteiger partial charge on any atom is -0.480 e. The van der Waals surface area contributed by atoms with Crippen molar-refractivity contribution in [2.24, 2.45) is 32.7 Å². The van der Waals surface area contributed by atoms with E-state index in [9.17, 15) is 24.3 Å². The molecule has 10 nitrogen and oxygen atoms in total. The Morgan fingerprint density at radius 3 is 2.25 bits per heavy atom. The fraction of sp³-hybridized carbons (Fsp3) is 0.733. The largest absolute Gasteiger partial charge is 0.480 e. The van der Waals surface area contributed by atoms with E-state index in [1.54, 1.807) is 6.08 Å². The smallest absolute Gasteiger partial charge is 0.326 e. The maximum atomic E-state index is 14.0. The van der Waals surface area contributed by atoms with Gasteiger partial charge >= 0.3 is 5.97 Å². The van der Waals surface area contributed by atoms with Gasteiger partial charge in [-0.1, -0.05) is 60.0 Å². The van der Waals surface area contributed by atoms with Crippen molar-refractivity contribution in [2.75, 3.05) is 13.1 Å². The van der Waals surface area contributed by atoms with Crippen molar-refractivity contribution < 1.29 is 24.3 Å². The van der Waals surface area contributed by atoms with Crippen molar-refractivity contribution >= 4 is 35.6 Å². The van der Waals surface area contributed by atoms with Gasteiger partial charge in [0.25, 0.3) is 5.91 Å². The van der Waals surface area contributed by atoms with E-state index in [1.807, 2.05) is 41.5 Å². The molecular weight excluding hydrogens is 510 g/mol. The van der Waals surface area contributed by atoms with E-state index in [-0.39, 0.29) is 30.1 Å². The molecule has 3 N–H and O–H groups in total. The number of hydrogen-bond acceptors (Lipinski definition) is 6. The Morgan fingerprint density at radius 1 is 1.07 bits per heavy atom. The zero-order valence-electron chi connectivity index (χ0n) is 24.9. The van der Waals surface area contributed by atoms with Crippen LogP contribution >= 0.6 is 0 Å². The summed E-state index contributed by atoms with van der Waals surface area (Å²) in [5, 5.41) is 16.0. The van der Waals surface area contributed by atoms with E-state index in [0.29, 0.717) is 13.0 Å². The number of carboxylic acid groups (broad SMARTS) is 1. The molecule has 0 bridgehead atoms. The van der Waals surface area contributed by atoms with Gasteiger partial charge in [-0.2, -0.15) is 0 Å². The number of hydrogen-bond donors (Lipinski definition) is 3. The molecule has 3 amide bonds. The standard InChI is InChI=1S/C30H47N5O5/c1-8-30(6,7)20-14-15-35(23(20)28(39)40)27(38)24(29(3,4)5)34-26(37)22(19-12-10-9-11-13-19)33-25(36)21-17-31-18(2)16-32-21/h8,17-20,22-24H,1,9-16H2,2-7H3,(H,33,36)(H,34,37)(H,39,40)/t18?,20-,22-,23-,24+/m0/s1. The number of rotatable bonds is 9. The molecule has 0 aromatic carbocycles. The van der Waals surface area contributed by atoms with Crippen LogP contribution in [-0.4, -0.2) is 82.9 Å². The highest BCUT2D eigenvalue weighted by molar-refractivity contribution is 6.61. The first-order valence-corrected chi connectivity index (χ1v) is 14.5. The van der Waals surface area contributed by atoms with Crippen molar-refractivity contribution in [1.29, 1.82) is 0 Å². The lowest BCUT2D eigenvalue weighted by atomic mass is 9.74. The predicted octanol–water partition coefficient (Wildman–Crippen LogP) is 3.01. The third-order valence-electron chi connectivity index (χ3n) is 8.72. The molecule has 10 heteroatoms. The highest BCUT2D eigenvalue weighted by Gasteiger charge is 2.50. The van der Waals surface area contributed by atoms with E-state index in [1.165, 1.54) is 11.1 Å². The van der Waals surface area contributed by atoms with Crippen molar-refractivity contribution in [3.63, 3.8) is 0 Å². The molecule has 222 valence electrons. The van der Waals surface area contributed by atoms with Gasteiger partial charge in [0.15, 0.2) is 0 Å². The molecule has 0 aromatic heterocycles. The first-order chi connectivity index (χ1) is 18.7. The van der Waals surface area contributed by atoms with Gasteiger partial charge in [0.1, 0.15) is 23.8 Å². The lowest BCUT2D eigenvalue weighted by molar-refractivity contribution is -0.153. The average molecular weight is 558 g/mol. The van der Waals surface area contributed by atoms with E-state index >= 15 is 0 Å². The molecule has 3 aliphatic rings. The van der Waals surface area contributed by atoms with Crippen LogP contribution in [0.4, 0.5) is 0 Å². The molecule has 1 unspecified atom stereocenters. The molecule has 1 saturated carbocycles. The van der Waals surface area contributed by atoms with Crippen LogP contribution in [0.1, 0.15) is 80.1 Å². The Bertz CT molecular complexity index is 1050. The van der Waals surface area contributed by atoms with E-state index in [2.05, 4.69) is 27.2 Å². The van der Waals surface area contributed by atoms with Crippen LogP contribution in [0.25, 0.3) is 0 Å². The fourth-order valence-corrected chi connectivity index (χ4v) is 6.05. The lowest BCUT2D eigenvalue weighted by Gasteiger charge is -2.38. The number of likely N-dealkylation sites (tertiary alicyclic amines) is 1. The summed E-state index contributed by atoms with van der Waals surface area (Å²) in [7, 11) is 0. The molecule has 3 rings (SSSR count). The number of carboxylic acids is 1. The molecule has 5 atom stereocenters. The van der Waals surface area contributed by atoms with E-state index in [0.717, 1.165) is 32.1 Å². The van der Waals surface area contributed by atoms with Crippen LogP contribution in [0.2, 0.25) is 0 Å². The number of allylic oxidation sites excluding steroid dienone is 1. The van der Waals surface area contributed by atoms with Crippen LogP contribution in [0, 0.1) is 22.7 Å². The lowest BCUT2D eigenvalue weighted by Crippen LogP contribution is -2.61. The van der Waals surface area contributed by atoms with Crippen molar-refractivity contribution in [2.45, 2.75) is 104 Å². The van der Waals surface area contributed by atoms with Crippen LogP contribution in [-0.2, 0) is 19.2 Å². The van der Waals surface area contributed by atoms with Gasteiger partial charge in [-0.25, -0.2) is 4.79 Å². The van der Waals surface area contributed by atoms with Crippen LogP contribution in [0.3, 0.4) is 0 Å². The molecule has 0 radical (unpaired) electrons. The molecular formula is C30H47N5O5. The third kappa shape index (κ3) is 7.18. The SMILES string of the molecule is C=CC(C)(C)[C@H]1CCN(C(=O)[C@@H](NC(=O)[C@@H](NC(=O)C2=NCC(C)N=C2)C2CCCCC2)C(C)(C)C)[C@@H]1C(=O)O. The Hall–Kier alpha value is -3.04. The molecule has 0 spiro atoms. The Morgan fingerprint density at radius 2 is 1.73 bits per heavy atom. The second kappa shape index (κ2) is 12.6. The topological polar surface area (TPSA) is 141 Å². The minimum absolute atomic E-state index is 0.00409. The minimum atomic E-state index is -1.07. The monoisotopic (exact) mass is 557 g/mol. The first-order valence-electron chi connectivity index (χ1n) is 14.5. The average Bonchev–Trinajstić information content (AvgIpc) is 3.37. The zero-order valence-corrected chi connectivity index (χ0v) is 24.9. The molecule has 1 aliphatic carbocycles. The maximum Gasteiger partial charge on any atom is 0.326 e. The second-order valence-electron chi connectivity index (χ2n) is 13.2. The van der Waals surface area contributed by atoms with Gasteiger partial charge in [0.05, 0.1) is 18.8 Å². The third-order valence-corrected chi connectivity index (χ3v) is 8.72. The Balaban J connectivity index is 1.86. The summed E-state index contributed by atoms with van der Waals surface area (Å²) in [4.78, 5) is 63.4. The maximum absolute atomic E-state index is 14.0. The summed E-state index contributed by atoms with van der Waals surface area (Å²) in [6, 6.07) is -2.85. The van der Waals surface area contributed by atoms with Crippen molar-refractivity contribution in [1.82, 2.24) is 15.5 Å². The first kappa shape index (κ1) is 31.5. The van der Waals surface area contributed by atoms with Crippen LogP contribution < -0.4 is 10.6 Å². The van der Waals surface area contributed by atoms with E-state index < -0.39 is 52.6 Å². The zero-order chi connectivity index (χ0) is 29.8. The van der Waals surface area contributed by atoms with Gasteiger partial charge in [0, 0.05) is 12.5 Å². The normalized spacial score (nSPS) is 25.5. The highest BCUT2D eigenvalue weighted by Crippen LogP contribution is 2.41. The second-order valence-corrected chi connectivity index (χ2v) is 13.2. The van der Waals surface area contributed by atoms with Gasteiger partial charge in [-0.3, -0.25) is 24.4 Å². The number of carbonyl (C=O) groups is 4. The highest BCUT2D eigenvalue weighted by atomic mass is 16.4. The quantitative estimate of drug-likeness (QED) is 0.374. The van der Waals surface area contributed by atoms with E-state index in [4.69, 9.17) is 0 Å². The molecule has 2 fully saturated rings. The van der Waals surface area contributed by atoms with Crippen LogP contribution in [0.15, 0.2) is 22.6 Å². The summed E-state index contributed by atoms with van der Waals surface area (Å²) in [5.41, 5.74) is -1.01. The van der Waals surface area contributed by atoms with Gasteiger partial charge in [-0.05, 0) is 42.9 Å². The Kier molecular flexibility index (Phi) is 9.95. The summed E-state index contributed by atoms with van der Waals surface area (Å²) in [6.45, 7) is 15.9.